The molecule has 67 heavy (non-hydrogen) atoms. The minimum atomic E-state index is -1.10. The summed E-state index contributed by atoms with van der Waals surface area (Å²) in [6, 6.07) is 4.51. The van der Waals surface area contributed by atoms with Gasteiger partial charge in [0.1, 0.15) is 28.9 Å². The lowest BCUT2D eigenvalue weighted by Crippen LogP contribution is -2.58. The van der Waals surface area contributed by atoms with Gasteiger partial charge in [-0.15, -0.1) is 0 Å². The number of hydrogen-bond donors (Lipinski definition) is 3. The number of benzene rings is 2. The number of fused-ring (bicyclic) bond motifs is 2. The summed E-state index contributed by atoms with van der Waals surface area (Å²) in [4.78, 5) is 69.0. The van der Waals surface area contributed by atoms with Crippen LogP contribution in [0.1, 0.15) is 111 Å². The standard InChI is InChI=1S/C47H56F3N11O5S/c1-26(2)59-27(3)52-42-35(49)18-29(19-39(42)59)41-36(50)22-51-46(55-41)53-30-8-16-58(17-9-30)61(66)67-31-10-14-56(15-11-31)23-28-6-12-47(13-7-28)24-57(25-47)38-21-33-32(20-34(38)48)44(64)60(45(33)65)37-4-5-40(62)54-43(37)63/h18-22,26,28,30-31,37,66H,4-17,23-25H2,1-3H3,(H,51,53,55)(H,54,62,63). The largest absolute Gasteiger partial charge is 0.368 e. The number of piperidine rings is 3. The van der Waals surface area contributed by atoms with E-state index < -0.39 is 47.1 Å². The first-order valence-electron chi connectivity index (χ1n) is 23.5. The quantitative estimate of drug-likeness (QED) is 0.0846. The minimum absolute atomic E-state index is 0.00712. The number of imide groups is 2. The average Bonchev–Trinajstić information content (AvgIpc) is 3.75. The maximum atomic E-state index is 15.5. The lowest BCUT2D eigenvalue weighted by Gasteiger charge is -2.55. The van der Waals surface area contributed by atoms with Crippen LogP contribution in [0.4, 0.5) is 24.8 Å². The molecule has 7 heterocycles. The Balaban J connectivity index is 0.649. The smallest absolute Gasteiger partial charge is 0.262 e. The Morgan fingerprint density at radius 1 is 0.881 bits per heavy atom. The molecule has 1 spiro atoms. The highest BCUT2D eigenvalue weighted by molar-refractivity contribution is 7.97. The summed E-state index contributed by atoms with van der Waals surface area (Å²) in [5, 5.41) is 18.9. The van der Waals surface area contributed by atoms with Crippen molar-refractivity contribution in [2.45, 2.75) is 108 Å². The number of nitrogens with zero attached hydrogens (tertiary/aromatic N) is 9. The summed E-state index contributed by atoms with van der Waals surface area (Å²) < 4.78 is 49.0. The van der Waals surface area contributed by atoms with E-state index in [0.29, 0.717) is 72.8 Å². The van der Waals surface area contributed by atoms with Crippen LogP contribution in [0, 0.1) is 35.7 Å². The molecule has 2 aromatic carbocycles. The number of rotatable bonds is 11. The van der Waals surface area contributed by atoms with Crippen molar-refractivity contribution in [3.8, 4) is 11.3 Å². The fourth-order valence-electron chi connectivity index (χ4n) is 11.3. The van der Waals surface area contributed by atoms with Crippen molar-refractivity contribution in [3.05, 3.63) is 64.9 Å². The van der Waals surface area contributed by atoms with Crippen molar-refractivity contribution < 1.29 is 37.6 Å². The normalized spacial score (nSPS) is 22.4. The van der Waals surface area contributed by atoms with Gasteiger partial charge >= 0.3 is 0 Å². The summed E-state index contributed by atoms with van der Waals surface area (Å²) in [5.74, 6) is -2.72. The van der Waals surface area contributed by atoms with Gasteiger partial charge in [0.05, 0.1) is 28.5 Å². The summed E-state index contributed by atoms with van der Waals surface area (Å²) in [6.07, 6.45) is 8.80. The second kappa shape index (κ2) is 18.1. The number of imidazole rings is 1. The van der Waals surface area contributed by atoms with E-state index in [4.69, 9.17) is 0 Å². The molecule has 5 fully saturated rings. The van der Waals surface area contributed by atoms with Crippen LogP contribution >= 0.6 is 11.9 Å². The number of nitrogens with one attached hydrogen (secondary N) is 2. The SMILES string of the molecule is Cc1nc2c(F)cc(-c3nc(NC4CCN(N(O)SC5CCN(CC6CCC7(CC6)CN(c6cc8c(cc6F)C(=O)N(C6CCC(=O)NC6=O)C8=O)C7)CC5)CC4)ncc3F)cc2n1C(C)C. The molecule has 10 rings (SSSR count). The number of anilines is 2. The molecule has 3 N–H and O–H groups in total. The van der Waals surface area contributed by atoms with Gasteiger partial charge in [-0.25, -0.2) is 33.1 Å². The third kappa shape index (κ3) is 8.79. The first-order chi connectivity index (χ1) is 32.1. The molecule has 4 amide bonds. The van der Waals surface area contributed by atoms with E-state index in [9.17, 15) is 24.4 Å². The molecule has 1 unspecified atom stereocenters. The van der Waals surface area contributed by atoms with E-state index in [1.54, 1.807) is 6.07 Å². The number of halogens is 3. The molecular weight excluding hydrogens is 888 g/mol. The predicted molar refractivity (Wildman–Crippen MR) is 244 cm³/mol. The third-order valence-electron chi connectivity index (χ3n) is 14.9. The zero-order valence-electron chi connectivity index (χ0n) is 37.9. The molecule has 1 aliphatic carbocycles. The van der Waals surface area contributed by atoms with Gasteiger partial charge in [0, 0.05) is 67.5 Å². The molecule has 1 atom stereocenters. The number of aryl methyl sites for hydroxylation is 1. The average molecular weight is 944 g/mol. The molecule has 4 aromatic rings. The van der Waals surface area contributed by atoms with Crippen molar-refractivity contribution in [1.82, 2.24) is 44.2 Å². The summed E-state index contributed by atoms with van der Waals surface area (Å²) in [5.41, 5.74) is 1.58. The van der Waals surface area contributed by atoms with Gasteiger partial charge < -0.3 is 19.7 Å². The Labute approximate surface area is 390 Å². The number of hydrogen-bond acceptors (Lipinski definition) is 14. The van der Waals surface area contributed by atoms with E-state index in [-0.39, 0.29) is 58.6 Å². The number of likely N-dealkylation sites (tertiary alicyclic amines) is 1. The topological polar surface area (TPSA) is 172 Å². The van der Waals surface area contributed by atoms with Gasteiger partial charge in [0.25, 0.3) is 11.8 Å². The molecule has 16 nitrogen and oxygen atoms in total. The lowest BCUT2D eigenvalue weighted by atomic mass is 9.65. The first-order valence-corrected chi connectivity index (χ1v) is 24.4. The zero-order chi connectivity index (χ0) is 46.9. The summed E-state index contributed by atoms with van der Waals surface area (Å²) in [6.45, 7) is 11.4. The monoisotopic (exact) mass is 943 g/mol. The van der Waals surface area contributed by atoms with E-state index in [2.05, 4.69) is 30.5 Å². The van der Waals surface area contributed by atoms with Crippen LogP contribution < -0.4 is 15.5 Å². The molecule has 6 aliphatic rings. The van der Waals surface area contributed by atoms with Crippen LogP contribution in [0.5, 0.6) is 0 Å². The van der Waals surface area contributed by atoms with Gasteiger partial charge in [-0.2, -0.15) is 0 Å². The van der Waals surface area contributed by atoms with E-state index >= 15 is 13.2 Å². The minimum Gasteiger partial charge on any atom is -0.368 e. The van der Waals surface area contributed by atoms with Gasteiger partial charge in [-0.1, -0.05) is 4.58 Å². The molecule has 4 saturated heterocycles. The highest BCUT2D eigenvalue weighted by Crippen LogP contribution is 2.48. The molecule has 356 valence electrons. The Morgan fingerprint density at radius 3 is 2.27 bits per heavy atom. The van der Waals surface area contributed by atoms with E-state index in [1.807, 2.05) is 35.2 Å². The van der Waals surface area contributed by atoms with Crippen LogP contribution in [0.2, 0.25) is 0 Å². The number of carbonyl (C=O) groups is 4. The maximum Gasteiger partial charge on any atom is 0.262 e. The number of aromatic nitrogens is 4. The van der Waals surface area contributed by atoms with Crippen molar-refractivity contribution >= 4 is 58.2 Å². The third-order valence-corrected chi connectivity index (χ3v) is 16.1. The van der Waals surface area contributed by atoms with Crippen LogP contribution in [-0.2, 0) is 9.59 Å². The molecule has 20 heteroatoms. The van der Waals surface area contributed by atoms with Crippen LogP contribution in [-0.4, -0.2) is 131 Å². The summed E-state index contributed by atoms with van der Waals surface area (Å²) >= 11 is 1.48. The highest BCUT2D eigenvalue weighted by Gasteiger charge is 2.49. The van der Waals surface area contributed by atoms with E-state index in [0.717, 1.165) is 75.3 Å². The fourth-order valence-corrected chi connectivity index (χ4v) is 12.3. The van der Waals surface area contributed by atoms with Gasteiger partial charge in [-0.3, -0.25) is 34.6 Å². The van der Waals surface area contributed by atoms with Gasteiger partial charge in [-0.05, 0) is 134 Å². The fraction of sp³-hybridized carbons (Fsp3) is 0.553. The van der Waals surface area contributed by atoms with E-state index in [1.165, 1.54) is 28.7 Å². The van der Waals surface area contributed by atoms with Crippen molar-refractivity contribution in [2.24, 2.45) is 11.3 Å². The number of amides is 4. The molecule has 1 saturated carbocycles. The number of hydrazine groups is 1. The molecular formula is C47H56F3N11O5S. The van der Waals surface area contributed by atoms with Crippen molar-refractivity contribution in [1.29, 1.82) is 0 Å². The molecule has 0 bridgehead atoms. The van der Waals surface area contributed by atoms with Gasteiger partial charge in [0.2, 0.25) is 17.8 Å². The Morgan fingerprint density at radius 2 is 1.58 bits per heavy atom. The maximum absolute atomic E-state index is 15.5. The van der Waals surface area contributed by atoms with Crippen LogP contribution in [0.25, 0.3) is 22.3 Å². The Hall–Kier alpha value is -5.15. The van der Waals surface area contributed by atoms with Crippen LogP contribution in [0.15, 0.2) is 30.5 Å². The second-order valence-electron chi connectivity index (χ2n) is 19.7. The lowest BCUT2D eigenvalue weighted by molar-refractivity contribution is -0.165. The highest BCUT2D eigenvalue weighted by atomic mass is 32.2. The van der Waals surface area contributed by atoms with Crippen molar-refractivity contribution in [3.63, 3.8) is 0 Å². The Kier molecular flexibility index (Phi) is 12.3. The molecule has 2 aromatic heterocycles. The first kappa shape index (κ1) is 45.6. The second-order valence-corrected chi connectivity index (χ2v) is 20.9. The molecule has 0 radical (unpaired) electrons. The van der Waals surface area contributed by atoms with Crippen molar-refractivity contribution in [2.75, 3.05) is 56.0 Å². The number of carbonyl (C=O) groups excluding carboxylic acids is 4. The zero-order valence-corrected chi connectivity index (χ0v) is 38.8. The summed E-state index contributed by atoms with van der Waals surface area (Å²) in [7, 11) is 0. The predicted octanol–water partition coefficient (Wildman–Crippen LogP) is 6.49. The molecule has 5 aliphatic heterocycles. The Bertz CT molecular complexity index is 2620. The van der Waals surface area contributed by atoms with Crippen LogP contribution in [0.3, 0.4) is 0 Å². The van der Waals surface area contributed by atoms with Gasteiger partial charge in [0.15, 0.2) is 11.6 Å².